The van der Waals surface area contributed by atoms with Crippen LogP contribution >= 0.6 is 23.5 Å². The molecule has 0 aromatic heterocycles. The Hall–Kier alpha value is 0.110. The first kappa shape index (κ1) is 9.66. The van der Waals surface area contributed by atoms with Crippen LogP contribution < -0.4 is 0 Å². The first-order valence-corrected chi connectivity index (χ1v) is 6.97. The van der Waals surface area contributed by atoms with E-state index in [1.165, 1.54) is 23.0 Å². The van der Waals surface area contributed by atoms with Gasteiger partial charge in [0.2, 0.25) is 0 Å². The number of thioether (sulfide) groups is 2. The Morgan fingerprint density at radius 2 is 1.92 bits per heavy atom. The number of carbonyl (C=O) groups excluding carboxylic acids is 1. The second-order valence-electron chi connectivity index (χ2n) is 3.85. The van der Waals surface area contributed by atoms with Crippen LogP contribution in [0.4, 0.5) is 0 Å². The zero-order chi connectivity index (χ0) is 9.15. The summed E-state index contributed by atoms with van der Waals surface area (Å²) in [5.41, 5.74) is 0.303. The highest BCUT2D eigenvalue weighted by Crippen LogP contribution is 2.40. The van der Waals surface area contributed by atoms with Gasteiger partial charge in [0.05, 0.1) is 0 Å². The average molecular weight is 214 g/mol. The van der Waals surface area contributed by atoms with E-state index in [4.69, 9.17) is 0 Å². The third-order valence-electron chi connectivity index (χ3n) is 2.59. The van der Waals surface area contributed by atoms with Crippen LogP contribution in [0.15, 0.2) is 12.2 Å². The third kappa shape index (κ3) is 2.32. The molecule has 0 bridgehead atoms. The predicted octanol–water partition coefficient (Wildman–Crippen LogP) is 2.37. The van der Waals surface area contributed by atoms with Crippen molar-refractivity contribution < 1.29 is 4.79 Å². The van der Waals surface area contributed by atoms with Gasteiger partial charge in [-0.25, -0.2) is 0 Å². The molecule has 2 rings (SSSR count). The second kappa shape index (κ2) is 4.09. The summed E-state index contributed by atoms with van der Waals surface area (Å²) in [5, 5.41) is 0. The van der Waals surface area contributed by atoms with E-state index in [-0.39, 0.29) is 0 Å². The predicted molar refractivity (Wildman–Crippen MR) is 60.5 cm³/mol. The maximum absolute atomic E-state index is 11.3. The van der Waals surface area contributed by atoms with E-state index in [1.807, 2.05) is 23.5 Å². The van der Waals surface area contributed by atoms with Crippen molar-refractivity contribution in [3.05, 3.63) is 12.2 Å². The van der Waals surface area contributed by atoms with E-state index in [1.54, 1.807) is 6.08 Å². The molecule has 13 heavy (non-hydrogen) atoms. The molecule has 1 nitrogen and oxygen atoms in total. The molecule has 0 radical (unpaired) electrons. The van der Waals surface area contributed by atoms with Gasteiger partial charge in [-0.1, -0.05) is 6.08 Å². The fraction of sp³-hybridized carbons (Fsp3) is 0.700. The van der Waals surface area contributed by atoms with Gasteiger partial charge in [0, 0.05) is 29.4 Å². The zero-order valence-corrected chi connectivity index (χ0v) is 9.26. The average Bonchev–Trinajstić information content (AvgIpc) is 2.31. The summed E-state index contributed by atoms with van der Waals surface area (Å²) in [7, 11) is 0. The number of ketones is 1. The Labute approximate surface area is 87.7 Å². The minimum Gasteiger partial charge on any atom is -0.295 e. The van der Waals surface area contributed by atoms with Gasteiger partial charge in [0.15, 0.2) is 5.78 Å². The van der Waals surface area contributed by atoms with Gasteiger partial charge in [-0.05, 0) is 17.9 Å². The SMILES string of the molecule is O=C1C=CCC2(CSCCSC2)C1. The van der Waals surface area contributed by atoms with Crippen molar-refractivity contribution in [2.45, 2.75) is 12.8 Å². The van der Waals surface area contributed by atoms with Crippen molar-refractivity contribution in [2.24, 2.45) is 5.41 Å². The number of rotatable bonds is 0. The fourth-order valence-corrected chi connectivity index (χ4v) is 4.77. The maximum Gasteiger partial charge on any atom is 0.155 e. The molecule has 0 atom stereocenters. The van der Waals surface area contributed by atoms with Gasteiger partial charge in [-0.15, -0.1) is 0 Å². The second-order valence-corrected chi connectivity index (χ2v) is 6.07. The summed E-state index contributed by atoms with van der Waals surface area (Å²) < 4.78 is 0. The van der Waals surface area contributed by atoms with Gasteiger partial charge < -0.3 is 0 Å². The number of hydrogen-bond donors (Lipinski definition) is 0. The van der Waals surface area contributed by atoms with Crippen LogP contribution in [0.2, 0.25) is 0 Å². The quantitative estimate of drug-likeness (QED) is 0.616. The van der Waals surface area contributed by atoms with Crippen LogP contribution in [0.5, 0.6) is 0 Å². The van der Waals surface area contributed by atoms with Crippen molar-refractivity contribution in [1.82, 2.24) is 0 Å². The third-order valence-corrected chi connectivity index (χ3v) is 5.47. The Balaban J connectivity index is 2.09. The molecule has 1 heterocycles. The van der Waals surface area contributed by atoms with Gasteiger partial charge in [0.1, 0.15) is 0 Å². The summed E-state index contributed by atoms with van der Waals surface area (Å²) in [6.07, 6.45) is 5.71. The maximum atomic E-state index is 11.3. The molecule has 72 valence electrons. The van der Waals surface area contributed by atoms with Crippen LogP contribution in [0.25, 0.3) is 0 Å². The minimum atomic E-state index is 0.303. The normalized spacial score (nSPS) is 27.5. The highest BCUT2D eigenvalue weighted by Gasteiger charge is 2.34. The Bertz CT molecular complexity index is 227. The monoisotopic (exact) mass is 214 g/mol. The molecule has 0 aromatic rings. The van der Waals surface area contributed by atoms with Crippen LogP contribution in [-0.4, -0.2) is 28.8 Å². The van der Waals surface area contributed by atoms with Crippen LogP contribution in [0.3, 0.4) is 0 Å². The molecule has 0 saturated carbocycles. The molecule has 0 amide bonds. The van der Waals surface area contributed by atoms with Crippen molar-refractivity contribution in [3.63, 3.8) is 0 Å². The number of allylic oxidation sites excluding steroid dienone is 2. The molecule has 1 saturated heterocycles. The lowest BCUT2D eigenvalue weighted by Gasteiger charge is -2.31. The van der Waals surface area contributed by atoms with E-state index in [0.717, 1.165) is 12.8 Å². The summed E-state index contributed by atoms with van der Waals surface area (Å²) in [5.74, 6) is 5.19. The number of hydrogen-bond acceptors (Lipinski definition) is 3. The van der Waals surface area contributed by atoms with Gasteiger partial charge in [-0.2, -0.15) is 23.5 Å². The fourth-order valence-electron chi connectivity index (χ4n) is 1.90. The highest BCUT2D eigenvalue weighted by atomic mass is 32.2. The molecule has 0 unspecified atom stereocenters. The summed E-state index contributed by atoms with van der Waals surface area (Å²) in [4.78, 5) is 11.3. The van der Waals surface area contributed by atoms with Crippen molar-refractivity contribution in [3.8, 4) is 0 Å². The largest absolute Gasteiger partial charge is 0.295 e. The Morgan fingerprint density at radius 1 is 1.23 bits per heavy atom. The number of carbonyl (C=O) groups is 1. The topological polar surface area (TPSA) is 17.1 Å². The van der Waals surface area contributed by atoms with Crippen LogP contribution in [0.1, 0.15) is 12.8 Å². The summed E-state index contributed by atoms with van der Waals surface area (Å²) in [6.45, 7) is 0. The minimum absolute atomic E-state index is 0.303. The molecular formula is C10H14OS2. The molecule has 2 aliphatic rings. The van der Waals surface area contributed by atoms with E-state index in [9.17, 15) is 4.79 Å². The van der Waals surface area contributed by atoms with E-state index >= 15 is 0 Å². The van der Waals surface area contributed by atoms with Crippen molar-refractivity contribution in [1.29, 1.82) is 0 Å². The first-order chi connectivity index (χ1) is 6.31. The molecule has 1 fully saturated rings. The van der Waals surface area contributed by atoms with Gasteiger partial charge >= 0.3 is 0 Å². The lowest BCUT2D eigenvalue weighted by atomic mass is 9.80. The summed E-state index contributed by atoms with van der Waals surface area (Å²) in [6, 6.07) is 0. The summed E-state index contributed by atoms with van der Waals surface area (Å²) >= 11 is 4.03. The first-order valence-electron chi connectivity index (χ1n) is 4.66. The van der Waals surface area contributed by atoms with Crippen molar-refractivity contribution >= 4 is 29.3 Å². The van der Waals surface area contributed by atoms with Gasteiger partial charge in [0.25, 0.3) is 0 Å². The van der Waals surface area contributed by atoms with Crippen LogP contribution in [0, 0.1) is 5.41 Å². The molecule has 1 spiro atoms. The smallest absolute Gasteiger partial charge is 0.155 e. The lowest BCUT2D eigenvalue weighted by Crippen LogP contribution is -2.30. The van der Waals surface area contributed by atoms with Crippen molar-refractivity contribution in [2.75, 3.05) is 23.0 Å². The lowest BCUT2D eigenvalue weighted by molar-refractivity contribution is -0.116. The molecule has 1 aliphatic heterocycles. The molecular weight excluding hydrogens is 200 g/mol. The Morgan fingerprint density at radius 3 is 2.54 bits per heavy atom. The van der Waals surface area contributed by atoms with Gasteiger partial charge in [-0.3, -0.25) is 4.79 Å². The molecule has 0 aromatic carbocycles. The standard InChI is InChI=1S/C10H14OS2/c11-9-2-1-3-10(6-9)7-12-4-5-13-8-10/h1-2H,3-8H2. The Kier molecular flexibility index (Phi) is 3.04. The van der Waals surface area contributed by atoms with Crippen LogP contribution in [-0.2, 0) is 4.79 Å². The zero-order valence-electron chi connectivity index (χ0n) is 7.62. The molecule has 0 N–H and O–H groups in total. The van der Waals surface area contributed by atoms with E-state index < -0.39 is 0 Å². The molecule has 3 heteroatoms. The van der Waals surface area contributed by atoms with E-state index in [0.29, 0.717) is 11.2 Å². The molecule has 1 aliphatic carbocycles. The highest BCUT2D eigenvalue weighted by molar-refractivity contribution is 8.03. The van der Waals surface area contributed by atoms with E-state index in [2.05, 4.69) is 6.08 Å².